The number of hydrogen-bond donors (Lipinski definition) is 2. The molecule has 2 unspecified atom stereocenters. The molecule has 41 heavy (non-hydrogen) atoms. The molecule has 218 valence electrons. The zero-order valence-corrected chi connectivity index (χ0v) is 24.7. The Kier molecular flexibility index (Phi) is 10.1. The number of aliphatic carboxylic acids is 1. The van der Waals surface area contributed by atoms with Gasteiger partial charge in [-0.2, -0.15) is 0 Å². The van der Waals surface area contributed by atoms with Crippen molar-refractivity contribution in [2.24, 2.45) is 5.92 Å². The van der Waals surface area contributed by atoms with Crippen LogP contribution < -0.4 is 14.8 Å². The van der Waals surface area contributed by atoms with Crippen LogP contribution in [-0.4, -0.2) is 35.7 Å². The second-order valence-corrected chi connectivity index (χ2v) is 11.1. The molecular weight excluding hydrogens is 514 g/mol. The summed E-state index contributed by atoms with van der Waals surface area (Å²) in [6, 6.07) is 22.1. The number of nitrogens with one attached hydrogen (secondary N) is 1. The molecular formula is C35H43NO5. The van der Waals surface area contributed by atoms with Crippen LogP contribution in [0.3, 0.4) is 0 Å². The maximum atomic E-state index is 14.1. The Balaban J connectivity index is 1.60. The molecule has 1 amide bonds. The maximum Gasteiger partial charge on any atom is 0.330 e. The quantitative estimate of drug-likeness (QED) is 0.217. The number of amides is 1. The summed E-state index contributed by atoms with van der Waals surface area (Å²) in [6.07, 6.45) is 3.94. The van der Waals surface area contributed by atoms with Crippen molar-refractivity contribution in [1.29, 1.82) is 0 Å². The molecule has 0 saturated carbocycles. The Morgan fingerprint density at radius 1 is 0.902 bits per heavy atom. The van der Waals surface area contributed by atoms with Crippen LogP contribution in [0.5, 0.6) is 11.5 Å². The van der Waals surface area contributed by atoms with Crippen molar-refractivity contribution in [3.63, 3.8) is 0 Å². The highest BCUT2D eigenvalue weighted by atomic mass is 16.5. The second kappa shape index (κ2) is 13.7. The number of ether oxygens (including phenoxy) is 2. The molecule has 0 saturated heterocycles. The molecule has 1 aliphatic carbocycles. The summed E-state index contributed by atoms with van der Waals surface area (Å²) in [7, 11) is 0. The maximum absolute atomic E-state index is 14.1. The van der Waals surface area contributed by atoms with E-state index in [1.54, 1.807) is 0 Å². The first-order chi connectivity index (χ1) is 19.8. The first kappa shape index (κ1) is 30.2. The van der Waals surface area contributed by atoms with Crippen LogP contribution in [-0.2, 0) is 28.9 Å². The van der Waals surface area contributed by atoms with E-state index in [4.69, 9.17) is 9.47 Å². The Bertz CT molecular complexity index is 1280. The number of hydrogen-bond acceptors (Lipinski definition) is 4. The van der Waals surface area contributed by atoms with Gasteiger partial charge in [-0.05, 0) is 80.3 Å². The summed E-state index contributed by atoms with van der Waals surface area (Å²) in [5, 5.41) is 13.4. The molecule has 1 aliphatic rings. The average Bonchev–Trinajstić information content (AvgIpc) is 3.35. The standard InChI is InChI=1S/C35H43NO5/c1-5-40-31-20-29(21-32(25(31)4)41-6-2)24(3)30(19-13-10-16-26-14-8-7-9-15-26)33(37)36-35(34(38)39)22-27-17-11-12-18-28(27)23-35/h7-9,11-12,14-15,17-18,20-21,24,30H,5-6,10,13,16,19,22-23H2,1-4H3,(H,36,37)(H,38,39). The molecule has 0 bridgehead atoms. The number of aryl methyl sites for hydroxylation is 1. The molecule has 0 radical (unpaired) electrons. The van der Waals surface area contributed by atoms with Crippen molar-refractivity contribution < 1.29 is 24.2 Å². The van der Waals surface area contributed by atoms with E-state index in [-0.39, 0.29) is 24.7 Å². The normalized spacial score (nSPS) is 15.0. The van der Waals surface area contributed by atoms with Gasteiger partial charge in [-0.25, -0.2) is 4.79 Å². The third-order valence-corrected chi connectivity index (χ3v) is 8.35. The van der Waals surface area contributed by atoms with Gasteiger partial charge in [0.2, 0.25) is 5.91 Å². The lowest BCUT2D eigenvalue weighted by atomic mass is 9.81. The minimum atomic E-state index is -1.34. The lowest BCUT2D eigenvalue weighted by molar-refractivity contribution is -0.148. The van der Waals surface area contributed by atoms with Crippen LogP contribution in [0.15, 0.2) is 66.7 Å². The Morgan fingerprint density at radius 2 is 1.46 bits per heavy atom. The smallest absolute Gasteiger partial charge is 0.330 e. The Labute approximate surface area is 244 Å². The second-order valence-electron chi connectivity index (χ2n) is 11.1. The zero-order valence-electron chi connectivity index (χ0n) is 24.7. The molecule has 0 spiro atoms. The van der Waals surface area contributed by atoms with E-state index >= 15 is 0 Å². The van der Waals surface area contributed by atoms with Crippen LogP contribution in [0, 0.1) is 12.8 Å². The fourth-order valence-corrected chi connectivity index (χ4v) is 5.97. The van der Waals surface area contributed by atoms with Gasteiger partial charge in [0.15, 0.2) is 0 Å². The lowest BCUT2D eigenvalue weighted by Crippen LogP contribution is -2.57. The minimum absolute atomic E-state index is 0.180. The summed E-state index contributed by atoms with van der Waals surface area (Å²) in [6.45, 7) is 8.97. The van der Waals surface area contributed by atoms with Crippen LogP contribution in [0.2, 0.25) is 0 Å². The molecule has 2 atom stereocenters. The Morgan fingerprint density at radius 3 is 2.00 bits per heavy atom. The van der Waals surface area contributed by atoms with Gasteiger partial charge in [-0.15, -0.1) is 0 Å². The van der Waals surface area contributed by atoms with Gasteiger partial charge in [-0.3, -0.25) is 4.79 Å². The number of rotatable bonds is 14. The topological polar surface area (TPSA) is 84.9 Å². The van der Waals surface area contributed by atoms with Gasteiger partial charge >= 0.3 is 5.97 Å². The van der Waals surface area contributed by atoms with E-state index in [9.17, 15) is 14.7 Å². The number of carboxylic acids is 1. The lowest BCUT2D eigenvalue weighted by Gasteiger charge is -2.31. The predicted molar refractivity (Wildman–Crippen MR) is 162 cm³/mol. The zero-order chi connectivity index (χ0) is 29.4. The molecule has 6 heteroatoms. The van der Waals surface area contributed by atoms with Gasteiger partial charge in [0.05, 0.1) is 13.2 Å². The van der Waals surface area contributed by atoms with Crippen molar-refractivity contribution in [1.82, 2.24) is 5.32 Å². The summed E-state index contributed by atoms with van der Waals surface area (Å²) < 4.78 is 11.9. The van der Waals surface area contributed by atoms with Crippen molar-refractivity contribution in [2.75, 3.05) is 13.2 Å². The van der Waals surface area contributed by atoms with E-state index in [0.717, 1.165) is 53.0 Å². The monoisotopic (exact) mass is 557 g/mol. The van der Waals surface area contributed by atoms with E-state index in [2.05, 4.69) is 17.4 Å². The fraction of sp³-hybridized carbons (Fsp3) is 0.429. The molecule has 2 N–H and O–H groups in total. The third-order valence-electron chi connectivity index (χ3n) is 8.35. The van der Waals surface area contributed by atoms with E-state index in [1.807, 2.05) is 82.3 Å². The van der Waals surface area contributed by atoms with Gasteiger partial charge in [0.1, 0.15) is 17.0 Å². The van der Waals surface area contributed by atoms with Gasteiger partial charge in [0, 0.05) is 24.3 Å². The first-order valence-corrected chi connectivity index (χ1v) is 14.8. The number of carboxylic acid groups (broad SMARTS) is 1. The van der Waals surface area contributed by atoms with Crippen LogP contribution >= 0.6 is 0 Å². The minimum Gasteiger partial charge on any atom is -0.493 e. The van der Waals surface area contributed by atoms with Crippen LogP contribution in [0.4, 0.5) is 0 Å². The molecule has 0 heterocycles. The van der Waals surface area contributed by atoms with Crippen molar-refractivity contribution >= 4 is 11.9 Å². The van der Waals surface area contributed by atoms with E-state index < -0.39 is 17.4 Å². The summed E-state index contributed by atoms with van der Waals surface area (Å²) in [5.74, 6) is -0.319. The number of fused-ring (bicyclic) bond motifs is 1. The highest BCUT2D eigenvalue weighted by Crippen LogP contribution is 2.38. The fourth-order valence-electron chi connectivity index (χ4n) is 5.97. The molecule has 4 rings (SSSR count). The summed E-state index contributed by atoms with van der Waals surface area (Å²) >= 11 is 0. The summed E-state index contributed by atoms with van der Waals surface area (Å²) in [4.78, 5) is 26.7. The predicted octanol–water partition coefficient (Wildman–Crippen LogP) is 6.66. The third kappa shape index (κ3) is 7.10. The van der Waals surface area contributed by atoms with Gasteiger partial charge in [-0.1, -0.05) is 67.9 Å². The number of carbonyl (C=O) groups is 2. The number of unbranched alkanes of at least 4 members (excludes halogenated alkanes) is 1. The van der Waals surface area contributed by atoms with Crippen molar-refractivity contribution in [3.8, 4) is 11.5 Å². The number of benzene rings is 3. The highest BCUT2D eigenvalue weighted by molar-refractivity contribution is 5.90. The van der Waals surface area contributed by atoms with Gasteiger partial charge < -0.3 is 19.9 Å². The summed E-state index contributed by atoms with van der Waals surface area (Å²) in [5.41, 5.74) is 3.76. The van der Waals surface area contributed by atoms with Crippen LogP contribution in [0.25, 0.3) is 0 Å². The van der Waals surface area contributed by atoms with Crippen molar-refractivity contribution in [2.45, 2.75) is 77.7 Å². The van der Waals surface area contributed by atoms with E-state index in [0.29, 0.717) is 19.6 Å². The SMILES string of the molecule is CCOc1cc(C(C)C(CCCCc2ccccc2)C(=O)NC2(C(=O)O)Cc3ccccc3C2)cc(OCC)c1C. The van der Waals surface area contributed by atoms with Crippen molar-refractivity contribution in [3.05, 3.63) is 94.5 Å². The van der Waals surface area contributed by atoms with Crippen LogP contribution in [0.1, 0.15) is 73.8 Å². The first-order valence-electron chi connectivity index (χ1n) is 14.8. The largest absolute Gasteiger partial charge is 0.493 e. The molecule has 0 aromatic heterocycles. The van der Waals surface area contributed by atoms with E-state index in [1.165, 1.54) is 5.56 Å². The molecule has 0 fully saturated rings. The highest BCUT2D eigenvalue weighted by Gasteiger charge is 2.46. The average molecular weight is 558 g/mol. The van der Waals surface area contributed by atoms with Gasteiger partial charge in [0.25, 0.3) is 0 Å². The molecule has 3 aromatic carbocycles. The molecule has 0 aliphatic heterocycles. The molecule has 6 nitrogen and oxygen atoms in total. The number of carbonyl (C=O) groups excluding carboxylic acids is 1. The Hall–Kier alpha value is -3.80. The molecule has 3 aromatic rings.